The van der Waals surface area contributed by atoms with Crippen LogP contribution in [0.4, 0.5) is 5.82 Å². The van der Waals surface area contributed by atoms with Gasteiger partial charge in [0.2, 0.25) is 0 Å². The van der Waals surface area contributed by atoms with Crippen LogP contribution in [-0.4, -0.2) is 22.9 Å². The normalized spacial score (nSPS) is 18.4. The predicted octanol–water partition coefficient (Wildman–Crippen LogP) is 2.06. The second-order valence-corrected chi connectivity index (χ2v) is 4.73. The van der Waals surface area contributed by atoms with Gasteiger partial charge in [-0.15, -0.1) is 0 Å². The van der Waals surface area contributed by atoms with Crippen molar-refractivity contribution in [1.82, 2.24) is 10.2 Å². The molecular formula is C12H21N3O. The van der Waals surface area contributed by atoms with Crippen molar-refractivity contribution in [2.45, 2.75) is 51.0 Å². The maximum atomic E-state index is 5.86. The largest absolute Gasteiger partial charge is 0.382 e. The summed E-state index contributed by atoms with van der Waals surface area (Å²) in [6.45, 7) is 2.16. The van der Waals surface area contributed by atoms with E-state index in [-0.39, 0.29) is 5.60 Å². The molecule has 90 valence electrons. The Balaban J connectivity index is 2.14. The van der Waals surface area contributed by atoms with Gasteiger partial charge in [-0.05, 0) is 25.7 Å². The van der Waals surface area contributed by atoms with Gasteiger partial charge in [-0.1, -0.05) is 13.3 Å². The molecule has 0 bridgehead atoms. The average Bonchev–Trinajstić information content (AvgIpc) is 2.56. The number of aromatic nitrogens is 2. The van der Waals surface area contributed by atoms with Crippen LogP contribution in [0.3, 0.4) is 0 Å². The molecule has 0 unspecified atom stereocenters. The van der Waals surface area contributed by atoms with Gasteiger partial charge in [0, 0.05) is 24.8 Å². The lowest BCUT2D eigenvalue weighted by atomic mass is 9.76. The number of nitrogens with zero attached hydrogens (tertiary/aromatic N) is 1. The number of nitrogens with one attached hydrogen (secondary N) is 1. The number of aromatic amines is 1. The quantitative estimate of drug-likeness (QED) is 0.803. The van der Waals surface area contributed by atoms with Gasteiger partial charge in [-0.3, -0.25) is 5.10 Å². The topological polar surface area (TPSA) is 63.9 Å². The molecule has 4 nitrogen and oxygen atoms in total. The lowest BCUT2D eigenvalue weighted by Gasteiger charge is -2.40. The van der Waals surface area contributed by atoms with Crippen molar-refractivity contribution < 1.29 is 4.74 Å². The van der Waals surface area contributed by atoms with E-state index in [4.69, 9.17) is 10.5 Å². The van der Waals surface area contributed by atoms with Gasteiger partial charge < -0.3 is 10.5 Å². The number of nitrogen functional groups attached to an aromatic ring is 1. The molecule has 2 rings (SSSR count). The summed E-state index contributed by atoms with van der Waals surface area (Å²) in [5.41, 5.74) is 8.26. The van der Waals surface area contributed by atoms with Gasteiger partial charge in [-0.25, -0.2) is 0 Å². The predicted molar refractivity (Wildman–Crippen MR) is 64.3 cm³/mol. The molecule has 4 heteroatoms. The zero-order chi connectivity index (χ0) is 11.6. The Morgan fingerprint density at radius 2 is 2.25 bits per heavy atom. The van der Waals surface area contributed by atoms with E-state index in [1.807, 2.05) is 0 Å². The highest BCUT2D eigenvalue weighted by atomic mass is 16.5. The van der Waals surface area contributed by atoms with E-state index in [1.165, 1.54) is 17.7 Å². The fourth-order valence-corrected chi connectivity index (χ4v) is 2.44. The van der Waals surface area contributed by atoms with Crippen LogP contribution >= 0.6 is 0 Å². The van der Waals surface area contributed by atoms with Crippen molar-refractivity contribution in [2.75, 3.05) is 12.8 Å². The van der Waals surface area contributed by atoms with Crippen LogP contribution in [0.1, 0.15) is 43.9 Å². The molecule has 1 aromatic heterocycles. The summed E-state index contributed by atoms with van der Waals surface area (Å²) in [6.07, 6.45) is 6.57. The van der Waals surface area contributed by atoms with E-state index in [0.29, 0.717) is 5.82 Å². The van der Waals surface area contributed by atoms with Crippen LogP contribution < -0.4 is 5.73 Å². The van der Waals surface area contributed by atoms with Gasteiger partial charge in [0.15, 0.2) is 0 Å². The zero-order valence-electron chi connectivity index (χ0n) is 10.2. The molecule has 0 saturated heterocycles. The fourth-order valence-electron chi connectivity index (χ4n) is 2.44. The summed E-state index contributed by atoms with van der Waals surface area (Å²) in [6, 6.07) is 0. The monoisotopic (exact) mass is 223 g/mol. The SMILES string of the molecule is CCCc1c(N)n[nH]c1CC1(OC)CCC1. The number of ether oxygens (including phenoxy) is 1. The lowest BCUT2D eigenvalue weighted by molar-refractivity contribution is -0.0715. The first-order valence-corrected chi connectivity index (χ1v) is 6.07. The molecule has 1 heterocycles. The maximum Gasteiger partial charge on any atom is 0.148 e. The third-order valence-electron chi connectivity index (χ3n) is 3.68. The molecule has 0 radical (unpaired) electrons. The van der Waals surface area contributed by atoms with Crippen molar-refractivity contribution in [3.63, 3.8) is 0 Å². The number of hydrogen-bond donors (Lipinski definition) is 2. The minimum Gasteiger partial charge on any atom is -0.382 e. The minimum atomic E-state index is 0.0431. The molecule has 3 N–H and O–H groups in total. The Kier molecular flexibility index (Phi) is 3.19. The highest BCUT2D eigenvalue weighted by Crippen LogP contribution is 2.38. The maximum absolute atomic E-state index is 5.86. The van der Waals surface area contributed by atoms with Crippen molar-refractivity contribution in [3.05, 3.63) is 11.3 Å². The van der Waals surface area contributed by atoms with Crippen molar-refractivity contribution in [1.29, 1.82) is 0 Å². The van der Waals surface area contributed by atoms with E-state index >= 15 is 0 Å². The molecule has 0 atom stereocenters. The molecular weight excluding hydrogens is 202 g/mol. The van der Waals surface area contributed by atoms with E-state index in [9.17, 15) is 0 Å². The van der Waals surface area contributed by atoms with E-state index in [0.717, 1.165) is 32.1 Å². The summed E-state index contributed by atoms with van der Waals surface area (Å²) >= 11 is 0. The smallest absolute Gasteiger partial charge is 0.148 e. The van der Waals surface area contributed by atoms with Crippen molar-refractivity contribution in [3.8, 4) is 0 Å². The van der Waals surface area contributed by atoms with Crippen LogP contribution in [0.5, 0.6) is 0 Å². The van der Waals surface area contributed by atoms with Gasteiger partial charge in [0.1, 0.15) is 5.82 Å². The summed E-state index contributed by atoms with van der Waals surface area (Å²) < 4.78 is 5.63. The highest BCUT2D eigenvalue weighted by Gasteiger charge is 2.38. The summed E-state index contributed by atoms with van der Waals surface area (Å²) in [7, 11) is 1.80. The lowest BCUT2D eigenvalue weighted by Crippen LogP contribution is -2.41. The van der Waals surface area contributed by atoms with E-state index in [2.05, 4.69) is 17.1 Å². The Hall–Kier alpha value is -1.03. The molecule has 0 amide bonds. The standard InChI is InChI=1S/C12H21N3O/c1-3-5-9-10(14-15-11(9)13)8-12(16-2)6-4-7-12/h3-8H2,1-2H3,(H3,13,14,15). The molecule has 1 fully saturated rings. The molecule has 0 aliphatic heterocycles. The van der Waals surface area contributed by atoms with Gasteiger partial charge >= 0.3 is 0 Å². The van der Waals surface area contributed by atoms with E-state index in [1.54, 1.807) is 7.11 Å². The van der Waals surface area contributed by atoms with Crippen molar-refractivity contribution in [2.24, 2.45) is 0 Å². The van der Waals surface area contributed by atoms with Gasteiger partial charge in [0.05, 0.1) is 5.60 Å². The number of anilines is 1. The van der Waals surface area contributed by atoms with Crippen LogP contribution in [0.2, 0.25) is 0 Å². The molecule has 0 aromatic carbocycles. The molecule has 1 saturated carbocycles. The first-order valence-electron chi connectivity index (χ1n) is 6.07. The Bertz CT molecular complexity index is 350. The molecule has 1 aliphatic carbocycles. The van der Waals surface area contributed by atoms with Crippen LogP contribution in [0.25, 0.3) is 0 Å². The van der Waals surface area contributed by atoms with Gasteiger partial charge in [0.25, 0.3) is 0 Å². The molecule has 16 heavy (non-hydrogen) atoms. The number of rotatable bonds is 5. The third-order valence-corrected chi connectivity index (χ3v) is 3.68. The van der Waals surface area contributed by atoms with E-state index < -0.39 is 0 Å². The first kappa shape index (κ1) is 11.5. The Morgan fingerprint density at radius 1 is 1.50 bits per heavy atom. The first-order chi connectivity index (χ1) is 7.71. The summed E-state index contributed by atoms with van der Waals surface area (Å²) in [5.74, 6) is 0.655. The van der Waals surface area contributed by atoms with Crippen molar-refractivity contribution >= 4 is 5.82 Å². The summed E-state index contributed by atoms with van der Waals surface area (Å²) in [4.78, 5) is 0. The average molecular weight is 223 g/mol. The third kappa shape index (κ3) is 1.94. The Morgan fingerprint density at radius 3 is 2.75 bits per heavy atom. The van der Waals surface area contributed by atoms with Crippen LogP contribution in [0.15, 0.2) is 0 Å². The summed E-state index contributed by atoms with van der Waals surface area (Å²) in [5, 5.41) is 7.17. The second-order valence-electron chi connectivity index (χ2n) is 4.73. The number of H-pyrrole nitrogens is 1. The zero-order valence-corrected chi connectivity index (χ0v) is 10.2. The van der Waals surface area contributed by atoms with Crippen LogP contribution in [0, 0.1) is 0 Å². The highest BCUT2D eigenvalue weighted by molar-refractivity contribution is 5.42. The minimum absolute atomic E-state index is 0.0431. The number of nitrogens with two attached hydrogens (primary N) is 1. The Labute approximate surface area is 96.6 Å². The fraction of sp³-hybridized carbons (Fsp3) is 0.750. The number of methoxy groups -OCH3 is 1. The number of hydrogen-bond acceptors (Lipinski definition) is 3. The van der Waals surface area contributed by atoms with Crippen LogP contribution in [-0.2, 0) is 17.6 Å². The van der Waals surface area contributed by atoms with Gasteiger partial charge in [-0.2, -0.15) is 5.10 Å². The molecule has 1 aliphatic rings. The second kappa shape index (κ2) is 4.45. The molecule has 0 spiro atoms. The molecule has 1 aromatic rings.